The van der Waals surface area contributed by atoms with Crippen molar-refractivity contribution in [1.29, 1.82) is 0 Å². The Labute approximate surface area is 146 Å². The molecule has 0 atom stereocenters. The van der Waals surface area contributed by atoms with E-state index >= 15 is 0 Å². The van der Waals surface area contributed by atoms with Crippen LogP contribution in [0.2, 0.25) is 0 Å². The predicted octanol–water partition coefficient (Wildman–Crippen LogP) is 2.15. The summed E-state index contributed by atoms with van der Waals surface area (Å²) >= 11 is 0. The Morgan fingerprint density at radius 2 is 1.73 bits per heavy atom. The van der Waals surface area contributed by atoms with Gasteiger partial charge in [-0.3, -0.25) is 19.2 Å². The van der Waals surface area contributed by atoms with E-state index in [0.717, 1.165) is 16.5 Å². The van der Waals surface area contributed by atoms with Crippen LogP contribution in [0.1, 0.15) is 5.69 Å². The number of aromatic amines is 1. The average Bonchev–Trinajstić information content (AvgIpc) is 3.02. The maximum Gasteiger partial charge on any atom is 0.375 e. The largest absolute Gasteiger partial charge is 0.375 e. The van der Waals surface area contributed by atoms with Gasteiger partial charge in [0.2, 0.25) is 0 Å². The Morgan fingerprint density at radius 3 is 2.31 bits per heavy atom. The van der Waals surface area contributed by atoms with Gasteiger partial charge < -0.3 is 19.6 Å². The number of alkyl halides is 1. The topological polar surface area (TPSA) is 157 Å². The minimum Gasteiger partial charge on any atom is -0.322 e. The summed E-state index contributed by atoms with van der Waals surface area (Å²) in [7, 11) is -11.5. The molecule has 0 amide bonds. The summed E-state index contributed by atoms with van der Waals surface area (Å²) in [5, 5.41) is 3.54. The van der Waals surface area contributed by atoms with Crippen LogP contribution in [0.4, 0.5) is 4.39 Å². The van der Waals surface area contributed by atoms with E-state index in [4.69, 9.17) is 19.6 Å². The second-order valence-corrected chi connectivity index (χ2v) is 9.61. The molecule has 0 saturated heterocycles. The third kappa shape index (κ3) is 3.23. The number of fused-ring (bicyclic) bond motifs is 1. The molecule has 3 aromatic rings. The summed E-state index contributed by atoms with van der Waals surface area (Å²) in [5.41, 5.74) is 1.98. The van der Waals surface area contributed by atoms with Crippen LogP contribution in [-0.4, -0.2) is 39.9 Å². The lowest BCUT2D eigenvalue weighted by molar-refractivity contribution is 0.221. The molecule has 1 aromatic carbocycles. The van der Waals surface area contributed by atoms with E-state index in [-0.39, 0.29) is 5.69 Å². The van der Waals surface area contributed by atoms with Crippen LogP contribution in [-0.2, 0) is 15.6 Å². The molecule has 0 saturated carbocycles. The molecule has 0 bridgehead atoms. The van der Waals surface area contributed by atoms with Crippen molar-refractivity contribution in [2.75, 3.05) is 0 Å². The third-order valence-electron chi connectivity index (χ3n) is 3.92. The van der Waals surface area contributed by atoms with Crippen molar-refractivity contribution in [3.63, 3.8) is 0 Å². The predicted molar refractivity (Wildman–Crippen MR) is 91.0 cm³/mol. The lowest BCUT2D eigenvalue weighted by atomic mass is 10.0. The number of hydrogen-bond acceptors (Lipinski definition) is 4. The Balaban J connectivity index is 1.96. The molecule has 2 aromatic heterocycles. The Kier molecular flexibility index (Phi) is 4.60. The summed E-state index contributed by atoms with van der Waals surface area (Å²) in [5.74, 6) is 0. The highest BCUT2D eigenvalue weighted by molar-refractivity contribution is 7.72. The van der Waals surface area contributed by atoms with E-state index in [1.807, 2.05) is 6.07 Å². The fourth-order valence-electron chi connectivity index (χ4n) is 2.51. The van der Waals surface area contributed by atoms with Gasteiger partial charge in [0.05, 0.1) is 11.7 Å². The van der Waals surface area contributed by atoms with Crippen molar-refractivity contribution in [2.45, 2.75) is 11.6 Å². The van der Waals surface area contributed by atoms with Gasteiger partial charge in [-0.05, 0) is 17.7 Å². The second-order valence-electron chi connectivity index (χ2n) is 5.66. The number of rotatable bonds is 5. The molecular formula is C14H14FN3O6P2. The van der Waals surface area contributed by atoms with E-state index in [2.05, 4.69) is 15.2 Å². The maximum atomic E-state index is 14.5. The monoisotopic (exact) mass is 401 g/mol. The zero-order chi connectivity index (χ0) is 19.2. The second kappa shape index (κ2) is 6.35. The molecule has 0 aliphatic heterocycles. The SMILES string of the molecule is O=P(O)(O)C(F)(Cc1ccc(-c2cccc3[nH]ncc23)cn1)P(=O)(O)O. The molecule has 5 N–H and O–H groups in total. The maximum absolute atomic E-state index is 14.5. The first-order valence-electron chi connectivity index (χ1n) is 7.20. The van der Waals surface area contributed by atoms with Crippen molar-refractivity contribution < 1.29 is 33.1 Å². The number of nitrogens with one attached hydrogen (secondary N) is 1. The van der Waals surface area contributed by atoms with Crippen LogP contribution < -0.4 is 0 Å². The summed E-state index contributed by atoms with van der Waals surface area (Å²) in [6, 6.07) is 8.19. The molecule has 0 fully saturated rings. The molecule has 0 spiro atoms. The number of nitrogens with zero attached hydrogens (tertiary/aromatic N) is 2. The van der Waals surface area contributed by atoms with Gasteiger partial charge in [-0.25, -0.2) is 4.39 Å². The highest BCUT2D eigenvalue weighted by atomic mass is 31.2. The van der Waals surface area contributed by atoms with Gasteiger partial charge in [0.15, 0.2) is 0 Å². The van der Waals surface area contributed by atoms with Crippen molar-refractivity contribution >= 4 is 26.1 Å². The number of aromatic nitrogens is 3. The Hall–Kier alpha value is -1.93. The molecule has 12 heteroatoms. The average molecular weight is 401 g/mol. The van der Waals surface area contributed by atoms with Gasteiger partial charge in [0, 0.05) is 29.3 Å². The van der Waals surface area contributed by atoms with Gasteiger partial charge in [-0.1, -0.05) is 18.2 Å². The minimum atomic E-state index is -5.75. The first-order valence-corrected chi connectivity index (χ1v) is 10.4. The molecule has 0 unspecified atom stereocenters. The van der Waals surface area contributed by atoms with E-state index in [0.29, 0.717) is 5.56 Å². The van der Waals surface area contributed by atoms with Crippen molar-refractivity contribution in [3.8, 4) is 11.1 Å². The van der Waals surface area contributed by atoms with E-state index in [1.54, 1.807) is 18.3 Å². The number of H-pyrrole nitrogens is 1. The van der Waals surface area contributed by atoms with Crippen molar-refractivity contribution in [1.82, 2.24) is 15.2 Å². The number of benzene rings is 1. The quantitative estimate of drug-likeness (QED) is 0.407. The summed E-state index contributed by atoms with van der Waals surface area (Å²) < 4.78 is 37.1. The van der Waals surface area contributed by atoms with E-state index in [1.165, 1.54) is 18.3 Å². The first kappa shape index (κ1) is 18.8. The molecule has 3 rings (SSSR count). The normalized spacial score (nSPS) is 13.3. The van der Waals surface area contributed by atoms with Gasteiger partial charge in [-0.15, -0.1) is 0 Å². The molecular weight excluding hydrogens is 387 g/mol. The van der Waals surface area contributed by atoms with E-state index in [9.17, 15) is 13.5 Å². The highest BCUT2D eigenvalue weighted by Crippen LogP contribution is 2.70. The summed E-state index contributed by atoms with van der Waals surface area (Å²) in [6.07, 6.45) is 1.72. The Bertz CT molecular complexity index is 1020. The highest BCUT2D eigenvalue weighted by Gasteiger charge is 2.61. The molecule has 26 heavy (non-hydrogen) atoms. The minimum absolute atomic E-state index is 0.206. The zero-order valence-electron chi connectivity index (χ0n) is 13.0. The Morgan fingerprint density at radius 1 is 1.04 bits per heavy atom. The van der Waals surface area contributed by atoms with Crippen LogP contribution >= 0.6 is 15.2 Å². The molecule has 0 aliphatic carbocycles. The fraction of sp³-hybridized carbons (Fsp3) is 0.143. The van der Waals surface area contributed by atoms with Gasteiger partial charge in [0.1, 0.15) is 0 Å². The van der Waals surface area contributed by atoms with E-state index < -0.39 is 26.8 Å². The van der Waals surface area contributed by atoms with Crippen LogP contribution in [0, 0.1) is 0 Å². The summed E-state index contributed by atoms with van der Waals surface area (Å²) in [6.45, 7) is 0. The standard InChI is InChI=1S/C14H14FN3O6P2/c15-14(25(19,20)21,26(22,23)24)6-10-5-4-9(7-16-10)11-2-1-3-13-12(11)8-17-18-13/h1-5,7-8H,6H2,(H,17,18)(H2,19,20,21)(H2,22,23,24). The zero-order valence-corrected chi connectivity index (χ0v) is 14.8. The molecule has 2 heterocycles. The third-order valence-corrected chi connectivity index (χ3v) is 7.58. The van der Waals surface area contributed by atoms with Crippen LogP contribution in [0.15, 0.2) is 42.7 Å². The fourth-order valence-corrected chi connectivity index (χ4v) is 4.61. The number of halogens is 1. The van der Waals surface area contributed by atoms with Gasteiger partial charge in [-0.2, -0.15) is 5.10 Å². The van der Waals surface area contributed by atoms with Crippen molar-refractivity contribution in [2.24, 2.45) is 0 Å². The molecule has 9 nitrogen and oxygen atoms in total. The van der Waals surface area contributed by atoms with Crippen LogP contribution in [0.5, 0.6) is 0 Å². The number of pyridine rings is 1. The molecule has 138 valence electrons. The van der Waals surface area contributed by atoms with Gasteiger partial charge in [0.25, 0.3) is 0 Å². The van der Waals surface area contributed by atoms with Crippen LogP contribution in [0.25, 0.3) is 22.0 Å². The lowest BCUT2D eigenvalue weighted by Crippen LogP contribution is -2.26. The number of hydrogen-bond donors (Lipinski definition) is 5. The lowest BCUT2D eigenvalue weighted by Gasteiger charge is -2.26. The smallest absolute Gasteiger partial charge is 0.322 e. The molecule has 0 radical (unpaired) electrons. The molecule has 0 aliphatic rings. The van der Waals surface area contributed by atoms with Gasteiger partial charge >= 0.3 is 20.3 Å². The summed E-state index contributed by atoms with van der Waals surface area (Å²) in [4.78, 5) is 40.2. The van der Waals surface area contributed by atoms with Crippen molar-refractivity contribution in [3.05, 3.63) is 48.4 Å². The first-order chi connectivity index (χ1) is 12.0. The van der Waals surface area contributed by atoms with Crippen LogP contribution in [0.3, 0.4) is 0 Å².